The van der Waals surface area contributed by atoms with Crippen LogP contribution in [0.25, 0.3) is 0 Å². The van der Waals surface area contributed by atoms with Crippen LogP contribution in [0, 0.1) is 18.3 Å². The Morgan fingerprint density at radius 2 is 2.12 bits per heavy atom. The van der Waals surface area contributed by atoms with Gasteiger partial charge in [-0.3, -0.25) is 9.59 Å². The van der Waals surface area contributed by atoms with Gasteiger partial charge in [-0.05, 0) is 48.9 Å². The third kappa shape index (κ3) is 3.20. The summed E-state index contributed by atoms with van der Waals surface area (Å²) >= 11 is 0. The Bertz CT molecular complexity index is 908. The van der Waals surface area contributed by atoms with Gasteiger partial charge in [0.2, 0.25) is 5.91 Å². The molecule has 0 fully saturated rings. The van der Waals surface area contributed by atoms with Gasteiger partial charge in [-0.25, -0.2) is 0 Å². The smallest absolute Gasteiger partial charge is 0.269 e. The van der Waals surface area contributed by atoms with Gasteiger partial charge in [0.25, 0.3) is 5.56 Å². The first-order valence-corrected chi connectivity index (χ1v) is 8.46. The van der Waals surface area contributed by atoms with Crippen LogP contribution < -0.4 is 5.56 Å². The summed E-state index contributed by atoms with van der Waals surface area (Å²) in [6.07, 6.45) is 4.59. The second kappa shape index (κ2) is 6.94. The molecular weight excluding hydrogens is 314 g/mol. The Labute approximate surface area is 147 Å². The number of nitriles is 1. The zero-order valence-corrected chi connectivity index (χ0v) is 14.5. The van der Waals surface area contributed by atoms with Gasteiger partial charge >= 0.3 is 0 Å². The van der Waals surface area contributed by atoms with Crippen molar-refractivity contribution in [1.29, 1.82) is 5.26 Å². The number of aromatic nitrogens is 1. The van der Waals surface area contributed by atoms with Gasteiger partial charge in [0.05, 0.1) is 6.04 Å². The van der Waals surface area contributed by atoms with Crippen LogP contribution in [0.2, 0.25) is 0 Å². The second-order valence-corrected chi connectivity index (χ2v) is 6.53. The minimum Gasteiger partial charge on any atom is -0.337 e. The molecule has 0 spiro atoms. The minimum atomic E-state index is -0.409. The van der Waals surface area contributed by atoms with Crippen molar-refractivity contribution < 1.29 is 4.79 Å². The van der Waals surface area contributed by atoms with Crippen LogP contribution in [-0.4, -0.2) is 22.4 Å². The molecule has 5 heteroatoms. The van der Waals surface area contributed by atoms with E-state index in [1.165, 1.54) is 15.7 Å². The van der Waals surface area contributed by atoms with Crippen LogP contribution in [0.5, 0.6) is 0 Å². The summed E-state index contributed by atoms with van der Waals surface area (Å²) in [5.74, 6) is -0.128. The fourth-order valence-electron chi connectivity index (χ4n) is 3.49. The molecule has 0 N–H and O–H groups in total. The molecule has 0 aliphatic heterocycles. The number of carbonyl (C=O) groups excluding carboxylic acids is 1. The summed E-state index contributed by atoms with van der Waals surface area (Å²) in [4.78, 5) is 26.8. The Morgan fingerprint density at radius 3 is 2.88 bits per heavy atom. The van der Waals surface area contributed by atoms with Crippen molar-refractivity contribution in [1.82, 2.24) is 9.47 Å². The lowest BCUT2D eigenvalue weighted by Gasteiger charge is -2.33. The van der Waals surface area contributed by atoms with Crippen molar-refractivity contribution in [3.63, 3.8) is 0 Å². The van der Waals surface area contributed by atoms with Gasteiger partial charge in [-0.15, -0.1) is 0 Å². The van der Waals surface area contributed by atoms with Crippen molar-refractivity contribution in [2.45, 2.75) is 38.8 Å². The highest BCUT2D eigenvalue weighted by molar-refractivity contribution is 5.76. The van der Waals surface area contributed by atoms with Crippen LogP contribution in [0.1, 0.15) is 41.1 Å². The maximum Gasteiger partial charge on any atom is 0.269 e. The molecule has 1 aliphatic carbocycles. The summed E-state index contributed by atoms with van der Waals surface area (Å²) in [6, 6.07) is 11.9. The zero-order chi connectivity index (χ0) is 18.0. The molecule has 1 aromatic heterocycles. The molecule has 0 bridgehead atoms. The van der Waals surface area contributed by atoms with Gasteiger partial charge in [-0.1, -0.05) is 24.3 Å². The first kappa shape index (κ1) is 17.0. The maximum absolute atomic E-state index is 12.7. The molecular formula is C20H21N3O2. The molecule has 128 valence electrons. The number of carbonyl (C=O) groups is 1. The SMILES string of the molecule is Cc1ccn(CC(=O)N(C)C2CCCc3ccccc32)c(=O)c1C#N. The topological polar surface area (TPSA) is 66.1 Å². The van der Waals surface area contributed by atoms with E-state index in [-0.39, 0.29) is 24.1 Å². The van der Waals surface area contributed by atoms with Crippen LogP contribution in [0.4, 0.5) is 0 Å². The number of nitrogens with zero attached hydrogens (tertiary/aromatic N) is 3. The Hall–Kier alpha value is -2.87. The molecule has 1 atom stereocenters. The van der Waals surface area contributed by atoms with E-state index in [4.69, 9.17) is 5.26 Å². The van der Waals surface area contributed by atoms with Crippen LogP contribution in [-0.2, 0) is 17.8 Å². The van der Waals surface area contributed by atoms with E-state index in [0.717, 1.165) is 19.3 Å². The van der Waals surface area contributed by atoms with Crippen LogP contribution in [0.3, 0.4) is 0 Å². The predicted octanol–water partition coefficient (Wildman–Crippen LogP) is 2.56. The molecule has 0 saturated heterocycles. The number of amides is 1. The van der Waals surface area contributed by atoms with Crippen molar-refractivity contribution in [3.05, 3.63) is 69.1 Å². The largest absolute Gasteiger partial charge is 0.337 e. The molecule has 1 heterocycles. The van der Waals surface area contributed by atoms with Crippen molar-refractivity contribution in [2.24, 2.45) is 0 Å². The number of hydrogen-bond acceptors (Lipinski definition) is 3. The fraction of sp³-hybridized carbons (Fsp3) is 0.350. The number of hydrogen-bond donors (Lipinski definition) is 0. The molecule has 25 heavy (non-hydrogen) atoms. The lowest BCUT2D eigenvalue weighted by Crippen LogP contribution is -2.38. The molecule has 3 rings (SSSR count). The Morgan fingerprint density at radius 1 is 1.36 bits per heavy atom. The van der Waals surface area contributed by atoms with Crippen LogP contribution >= 0.6 is 0 Å². The van der Waals surface area contributed by atoms with E-state index in [2.05, 4.69) is 12.1 Å². The summed E-state index contributed by atoms with van der Waals surface area (Å²) in [5.41, 5.74) is 2.80. The molecule has 1 aliphatic rings. The predicted molar refractivity (Wildman–Crippen MR) is 95.0 cm³/mol. The van der Waals surface area contributed by atoms with E-state index in [9.17, 15) is 9.59 Å². The third-order valence-corrected chi connectivity index (χ3v) is 4.99. The van der Waals surface area contributed by atoms with Gasteiger partial charge < -0.3 is 9.47 Å². The number of aryl methyl sites for hydroxylation is 2. The molecule has 5 nitrogen and oxygen atoms in total. The Balaban J connectivity index is 1.84. The van der Waals surface area contributed by atoms with Gasteiger partial charge in [0.1, 0.15) is 18.2 Å². The number of benzene rings is 1. The molecule has 1 aromatic carbocycles. The van der Waals surface area contributed by atoms with Gasteiger partial charge in [-0.2, -0.15) is 5.26 Å². The average molecular weight is 335 g/mol. The zero-order valence-electron chi connectivity index (χ0n) is 14.5. The highest BCUT2D eigenvalue weighted by Crippen LogP contribution is 2.33. The molecule has 1 unspecified atom stereocenters. The lowest BCUT2D eigenvalue weighted by molar-refractivity contribution is -0.133. The normalized spacial score (nSPS) is 16.0. The van der Waals surface area contributed by atoms with E-state index >= 15 is 0 Å². The number of rotatable bonds is 3. The fourth-order valence-corrected chi connectivity index (χ4v) is 3.49. The quantitative estimate of drug-likeness (QED) is 0.866. The maximum atomic E-state index is 12.7. The van der Waals surface area contributed by atoms with Gasteiger partial charge in [0.15, 0.2) is 0 Å². The number of pyridine rings is 1. The molecule has 0 radical (unpaired) electrons. The van der Waals surface area contributed by atoms with E-state index in [0.29, 0.717) is 5.56 Å². The van der Waals surface area contributed by atoms with Crippen molar-refractivity contribution in [3.8, 4) is 6.07 Å². The van der Waals surface area contributed by atoms with Crippen molar-refractivity contribution in [2.75, 3.05) is 7.05 Å². The summed E-state index contributed by atoms with van der Waals surface area (Å²) in [5, 5.41) is 9.12. The first-order chi connectivity index (χ1) is 12.0. The summed E-state index contributed by atoms with van der Waals surface area (Å²) in [6.45, 7) is 1.67. The molecule has 1 amide bonds. The van der Waals surface area contributed by atoms with Gasteiger partial charge in [0, 0.05) is 13.2 Å². The Kier molecular flexibility index (Phi) is 4.71. The first-order valence-electron chi connectivity index (χ1n) is 8.46. The lowest BCUT2D eigenvalue weighted by atomic mass is 9.87. The van der Waals surface area contributed by atoms with E-state index in [1.807, 2.05) is 18.2 Å². The monoisotopic (exact) mass is 335 g/mol. The second-order valence-electron chi connectivity index (χ2n) is 6.53. The number of fused-ring (bicyclic) bond motifs is 1. The standard InChI is InChI=1S/C20H21N3O2/c1-14-10-11-23(20(25)17(14)12-21)13-19(24)22(2)18-9-5-7-15-6-3-4-8-16(15)18/h3-4,6,8,10-11,18H,5,7,9,13H2,1-2H3. The molecule has 0 saturated carbocycles. The van der Waals surface area contributed by atoms with E-state index in [1.54, 1.807) is 31.1 Å². The third-order valence-electron chi connectivity index (χ3n) is 4.99. The highest BCUT2D eigenvalue weighted by Gasteiger charge is 2.26. The minimum absolute atomic E-state index is 0.0361. The number of likely N-dealkylation sites (N-methyl/N-ethyl adjacent to an activating group) is 1. The summed E-state index contributed by atoms with van der Waals surface area (Å²) in [7, 11) is 1.79. The van der Waals surface area contributed by atoms with Crippen LogP contribution in [0.15, 0.2) is 41.3 Å². The van der Waals surface area contributed by atoms with Crippen molar-refractivity contribution >= 4 is 5.91 Å². The highest BCUT2D eigenvalue weighted by atomic mass is 16.2. The van der Waals surface area contributed by atoms with E-state index < -0.39 is 5.56 Å². The average Bonchev–Trinajstić information content (AvgIpc) is 2.63. The molecule has 2 aromatic rings. The summed E-state index contributed by atoms with van der Waals surface area (Å²) < 4.78 is 1.32.